The normalized spacial score (nSPS) is 34.9. The lowest BCUT2D eigenvalue weighted by molar-refractivity contribution is -0.149. The van der Waals surface area contributed by atoms with Gasteiger partial charge in [0.05, 0.1) is 6.10 Å². The lowest BCUT2D eigenvalue weighted by Gasteiger charge is -2.51. The molecule has 5 heteroatoms. The van der Waals surface area contributed by atoms with Gasteiger partial charge in [-0.05, 0) is 19.3 Å². The van der Waals surface area contributed by atoms with Crippen molar-refractivity contribution < 1.29 is 17.9 Å². The van der Waals surface area contributed by atoms with Crippen molar-refractivity contribution in [1.82, 2.24) is 0 Å². The molecular formula is C11H20F3NO. The standard InChI is InChI=1S/C11H20F3NO/c1-3-10(2)8(15)7-9(10)16-6-4-5-11(12,13)14/h8-9H,3-7,15H2,1-2H3. The summed E-state index contributed by atoms with van der Waals surface area (Å²) in [5, 5.41) is 0. The monoisotopic (exact) mass is 239 g/mol. The van der Waals surface area contributed by atoms with Crippen LogP contribution < -0.4 is 5.73 Å². The summed E-state index contributed by atoms with van der Waals surface area (Å²) < 4.78 is 41.1. The van der Waals surface area contributed by atoms with Crippen LogP contribution in [-0.4, -0.2) is 24.9 Å². The van der Waals surface area contributed by atoms with Gasteiger partial charge in [-0.25, -0.2) is 0 Å². The summed E-state index contributed by atoms with van der Waals surface area (Å²) in [5.74, 6) is 0. The SMILES string of the molecule is CCC1(C)C(N)CC1OCCCC(F)(F)F. The molecule has 1 fully saturated rings. The van der Waals surface area contributed by atoms with Crippen molar-refractivity contribution in [2.75, 3.05) is 6.61 Å². The summed E-state index contributed by atoms with van der Waals surface area (Å²) in [7, 11) is 0. The van der Waals surface area contributed by atoms with E-state index in [1.54, 1.807) is 0 Å². The second-order valence-corrected chi connectivity index (χ2v) is 4.78. The van der Waals surface area contributed by atoms with Crippen LogP contribution in [0.1, 0.15) is 39.5 Å². The van der Waals surface area contributed by atoms with Crippen LogP contribution in [-0.2, 0) is 4.74 Å². The van der Waals surface area contributed by atoms with Crippen LogP contribution in [0, 0.1) is 5.41 Å². The highest BCUT2D eigenvalue weighted by molar-refractivity contribution is 5.02. The van der Waals surface area contributed by atoms with Gasteiger partial charge in [-0.1, -0.05) is 13.8 Å². The van der Waals surface area contributed by atoms with Crippen molar-refractivity contribution >= 4 is 0 Å². The number of hydrogen-bond acceptors (Lipinski definition) is 2. The van der Waals surface area contributed by atoms with Crippen LogP contribution >= 0.6 is 0 Å². The van der Waals surface area contributed by atoms with Gasteiger partial charge in [-0.2, -0.15) is 13.2 Å². The predicted molar refractivity (Wildman–Crippen MR) is 56.0 cm³/mol. The molecule has 2 N–H and O–H groups in total. The third kappa shape index (κ3) is 3.10. The van der Waals surface area contributed by atoms with E-state index in [1.165, 1.54) is 0 Å². The van der Waals surface area contributed by atoms with Crippen LogP contribution in [0.4, 0.5) is 13.2 Å². The highest BCUT2D eigenvalue weighted by atomic mass is 19.4. The maximum atomic E-state index is 11.9. The number of ether oxygens (including phenoxy) is 1. The number of nitrogens with two attached hydrogens (primary N) is 1. The molecule has 1 aliphatic carbocycles. The molecule has 0 aromatic carbocycles. The smallest absolute Gasteiger partial charge is 0.378 e. The summed E-state index contributed by atoms with van der Waals surface area (Å²) in [6.07, 6.45) is -3.12. The largest absolute Gasteiger partial charge is 0.389 e. The van der Waals surface area contributed by atoms with Gasteiger partial charge < -0.3 is 10.5 Å². The first-order valence-corrected chi connectivity index (χ1v) is 5.73. The zero-order valence-corrected chi connectivity index (χ0v) is 9.81. The summed E-state index contributed by atoms with van der Waals surface area (Å²) in [4.78, 5) is 0. The molecule has 1 rings (SSSR count). The lowest BCUT2D eigenvalue weighted by Crippen LogP contribution is -2.60. The molecule has 0 spiro atoms. The van der Waals surface area contributed by atoms with Gasteiger partial charge in [0, 0.05) is 24.5 Å². The average Bonchev–Trinajstić information content (AvgIpc) is 2.19. The molecule has 0 aliphatic heterocycles. The molecule has 0 amide bonds. The first-order valence-electron chi connectivity index (χ1n) is 5.73. The van der Waals surface area contributed by atoms with Crippen LogP contribution in [0.15, 0.2) is 0 Å². The summed E-state index contributed by atoms with van der Waals surface area (Å²) in [5.41, 5.74) is 5.81. The second kappa shape index (κ2) is 4.92. The first kappa shape index (κ1) is 13.8. The van der Waals surface area contributed by atoms with Crippen molar-refractivity contribution in [2.24, 2.45) is 11.1 Å². The minimum absolute atomic E-state index is 0.0285. The van der Waals surface area contributed by atoms with Crippen LogP contribution in [0.5, 0.6) is 0 Å². The third-order valence-corrected chi connectivity index (χ3v) is 3.74. The molecule has 0 bridgehead atoms. The molecule has 0 heterocycles. The van der Waals surface area contributed by atoms with Crippen molar-refractivity contribution in [2.45, 2.75) is 57.9 Å². The van der Waals surface area contributed by atoms with Gasteiger partial charge in [-0.15, -0.1) is 0 Å². The Morgan fingerprint density at radius 3 is 2.50 bits per heavy atom. The second-order valence-electron chi connectivity index (χ2n) is 4.78. The van der Waals surface area contributed by atoms with E-state index in [0.29, 0.717) is 0 Å². The Labute approximate surface area is 94.3 Å². The van der Waals surface area contributed by atoms with Crippen molar-refractivity contribution in [3.63, 3.8) is 0 Å². The quantitative estimate of drug-likeness (QED) is 0.749. The van der Waals surface area contributed by atoms with Gasteiger partial charge in [0.2, 0.25) is 0 Å². The maximum absolute atomic E-state index is 11.9. The highest BCUT2D eigenvalue weighted by Crippen LogP contribution is 2.44. The molecule has 1 aliphatic rings. The van der Waals surface area contributed by atoms with Gasteiger partial charge in [-0.3, -0.25) is 0 Å². The van der Waals surface area contributed by atoms with E-state index in [1.807, 2.05) is 13.8 Å². The minimum atomic E-state index is -4.08. The predicted octanol–water partition coefficient (Wildman–Crippen LogP) is 2.86. The zero-order valence-electron chi connectivity index (χ0n) is 9.81. The number of rotatable bonds is 5. The highest BCUT2D eigenvalue weighted by Gasteiger charge is 2.49. The number of hydrogen-bond donors (Lipinski definition) is 1. The molecule has 0 aromatic heterocycles. The van der Waals surface area contributed by atoms with E-state index in [0.717, 1.165) is 12.8 Å². The minimum Gasteiger partial charge on any atom is -0.378 e. The molecular weight excluding hydrogens is 219 g/mol. The average molecular weight is 239 g/mol. The van der Waals surface area contributed by atoms with Crippen molar-refractivity contribution in [1.29, 1.82) is 0 Å². The molecule has 0 radical (unpaired) electrons. The first-order chi connectivity index (χ1) is 7.29. The molecule has 2 nitrogen and oxygen atoms in total. The van der Waals surface area contributed by atoms with E-state index in [-0.39, 0.29) is 30.6 Å². The Kier molecular flexibility index (Phi) is 4.23. The van der Waals surface area contributed by atoms with Gasteiger partial charge >= 0.3 is 6.18 Å². The molecule has 1 saturated carbocycles. The van der Waals surface area contributed by atoms with E-state index < -0.39 is 12.6 Å². The van der Waals surface area contributed by atoms with Crippen molar-refractivity contribution in [3.05, 3.63) is 0 Å². The van der Waals surface area contributed by atoms with Crippen LogP contribution in [0.3, 0.4) is 0 Å². The third-order valence-electron chi connectivity index (χ3n) is 3.74. The van der Waals surface area contributed by atoms with Crippen LogP contribution in [0.25, 0.3) is 0 Å². The van der Waals surface area contributed by atoms with E-state index in [9.17, 15) is 13.2 Å². The molecule has 0 saturated heterocycles. The van der Waals surface area contributed by atoms with Gasteiger partial charge in [0.1, 0.15) is 0 Å². The molecule has 3 atom stereocenters. The van der Waals surface area contributed by atoms with Crippen LogP contribution in [0.2, 0.25) is 0 Å². The lowest BCUT2D eigenvalue weighted by atomic mass is 9.62. The fourth-order valence-electron chi connectivity index (χ4n) is 2.09. The van der Waals surface area contributed by atoms with E-state index in [2.05, 4.69) is 0 Å². The van der Waals surface area contributed by atoms with E-state index in [4.69, 9.17) is 10.5 Å². The van der Waals surface area contributed by atoms with Gasteiger partial charge in [0.25, 0.3) is 0 Å². The Morgan fingerprint density at radius 2 is 2.06 bits per heavy atom. The maximum Gasteiger partial charge on any atom is 0.389 e. The zero-order chi connectivity index (χ0) is 12.4. The summed E-state index contributed by atoms with van der Waals surface area (Å²) in [6, 6.07) is 0.116. The van der Waals surface area contributed by atoms with Gasteiger partial charge in [0.15, 0.2) is 0 Å². The Bertz CT molecular complexity index is 232. The van der Waals surface area contributed by atoms with E-state index >= 15 is 0 Å². The molecule has 0 aromatic rings. The fourth-order valence-corrected chi connectivity index (χ4v) is 2.09. The Morgan fingerprint density at radius 1 is 1.44 bits per heavy atom. The van der Waals surface area contributed by atoms with Crippen molar-refractivity contribution in [3.8, 4) is 0 Å². The fraction of sp³-hybridized carbons (Fsp3) is 1.00. The molecule has 16 heavy (non-hydrogen) atoms. The molecule has 96 valence electrons. The summed E-state index contributed by atoms with van der Waals surface area (Å²) >= 11 is 0. The Hall–Kier alpha value is -0.290. The number of alkyl halides is 3. The number of halogens is 3. The molecule has 3 unspecified atom stereocenters. The Balaban J connectivity index is 2.20. The topological polar surface area (TPSA) is 35.2 Å². The summed E-state index contributed by atoms with van der Waals surface area (Å²) in [6.45, 7) is 4.24.